The molecule has 1 heterocycles. The number of rotatable bonds is 3. The predicted molar refractivity (Wildman–Crippen MR) is 74.0 cm³/mol. The smallest absolute Gasteiger partial charge is 0.281 e. The van der Waals surface area contributed by atoms with Crippen LogP contribution in [0.2, 0.25) is 0 Å². The standard InChI is InChI=1S/C11H22N4O4S/c1-9(16)14-5-6-15(20(18,19)13(3)4)8-10(7-14)11(17)12-2/h10H,5-8H2,1-4H3,(H,12,17). The lowest BCUT2D eigenvalue weighted by Crippen LogP contribution is -2.45. The van der Waals surface area contributed by atoms with Crippen LogP contribution in [0.15, 0.2) is 0 Å². The third kappa shape index (κ3) is 3.68. The molecule has 0 bridgehead atoms. The molecule has 1 unspecified atom stereocenters. The van der Waals surface area contributed by atoms with Gasteiger partial charge in [-0.05, 0) is 0 Å². The summed E-state index contributed by atoms with van der Waals surface area (Å²) in [6, 6.07) is 0. The van der Waals surface area contributed by atoms with Crippen LogP contribution in [-0.4, -0.2) is 81.1 Å². The predicted octanol–water partition coefficient (Wildman–Crippen LogP) is -1.68. The fraction of sp³-hybridized carbons (Fsp3) is 0.818. The lowest BCUT2D eigenvalue weighted by Gasteiger charge is -2.25. The van der Waals surface area contributed by atoms with Gasteiger partial charge in [0.05, 0.1) is 5.92 Å². The molecule has 20 heavy (non-hydrogen) atoms. The Kier molecular flexibility index (Phi) is 5.49. The van der Waals surface area contributed by atoms with Crippen molar-refractivity contribution in [2.75, 3.05) is 47.3 Å². The SMILES string of the molecule is CNC(=O)C1CN(C(C)=O)CCN(S(=O)(=O)N(C)C)C1. The molecule has 0 aromatic carbocycles. The van der Waals surface area contributed by atoms with E-state index in [1.54, 1.807) is 0 Å². The molecule has 1 saturated heterocycles. The van der Waals surface area contributed by atoms with E-state index in [0.29, 0.717) is 0 Å². The maximum Gasteiger partial charge on any atom is 0.281 e. The van der Waals surface area contributed by atoms with E-state index in [1.807, 2.05) is 0 Å². The van der Waals surface area contributed by atoms with Gasteiger partial charge >= 0.3 is 0 Å². The first-order chi connectivity index (χ1) is 9.20. The van der Waals surface area contributed by atoms with E-state index in [2.05, 4.69) is 5.32 Å². The maximum atomic E-state index is 12.2. The summed E-state index contributed by atoms with van der Waals surface area (Å²) >= 11 is 0. The van der Waals surface area contributed by atoms with E-state index in [0.717, 1.165) is 4.31 Å². The zero-order valence-electron chi connectivity index (χ0n) is 12.3. The van der Waals surface area contributed by atoms with Crippen molar-refractivity contribution in [1.82, 2.24) is 18.8 Å². The van der Waals surface area contributed by atoms with Gasteiger partial charge in [-0.1, -0.05) is 0 Å². The van der Waals surface area contributed by atoms with Gasteiger partial charge in [0.15, 0.2) is 0 Å². The van der Waals surface area contributed by atoms with Crippen LogP contribution in [-0.2, 0) is 19.8 Å². The summed E-state index contributed by atoms with van der Waals surface area (Å²) in [5.41, 5.74) is 0. The van der Waals surface area contributed by atoms with E-state index >= 15 is 0 Å². The van der Waals surface area contributed by atoms with Crippen molar-refractivity contribution in [2.24, 2.45) is 5.92 Å². The molecule has 116 valence electrons. The van der Waals surface area contributed by atoms with Crippen LogP contribution in [0.5, 0.6) is 0 Å². The minimum Gasteiger partial charge on any atom is -0.359 e. The summed E-state index contributed by atoms with van der Waals surface area (Å²) in [7, 11) is 0.782. The van der Waals surface area contributed by atoms with Gasteiger partial charge in [0, 0.05) is 54.2 Å². The maximum absolute atomic E-state index is 12.2. The Morgan fingerprint density at radius 2 is 1.80 bits per heavy atom. The third-order valence-corrected chi connectivity index (χ3v) is 5.24. The highest BCUT2D eigenvalue weighted by molar-refractivity contribution is 7.86. The van der Waals surface area contributed by atoms with Gasteiger partial charge in [-0.2, -0.15) is 17.0 Å². The molecular formula is C11H22N4O4S. The van der Waals surface area contributed by atoms with Crippen molar-refractivity contribution in [3.8, 4) is 0 Å². The number of hydrogen-bond acceptors (Lipinski definition) is 4. The van der Waals surface area contributed by atoms with Crippen molar-refractivity contribution < 1.29 is 18.0 Å². The van der Waals surface area contributed by atoms with E-state index < -0.39 is 16.1 Å². The summed E-state index contributed by atoms with van der Waals surface area (Å²) in [6.07, 6.45) is 0. The van der Waals surface area contributed by atoms with E-state index in [1.165, 1.54) is 37.3 Å². The molecule has 0 aromatic rings. The average Bonchev–Trinajstić information content (AvgIpc) is 2.60. The molecule has 9 heteroatoms. The second-order valence-electron chi connectivity index (χ2n) is 4.92. The van der Waals surface area contributed by atoms with E-state index in [4.69, 9.17) is 0 Å². The summed E-state index contributed by atoms with van der Waals surface area (Å²) in [5, 5.41) is 2.51. The lowest BCUT2D eigenvalue weighted by molar-refractivity contribution is -0.130. The Labute approximate surface area is 119 Å². The zero-order valence-corrected chi connectivity index (χ0v) is 13.1. The van der Waals surface area contributed by atoms with Gasteiger partial charge in [-0.3, -0.25) is 9.59 Å². The van der Waals surface area contributed by atoms with Crippen LogP contribution in [0.25, 0.3) is 0 Å². The fourth-order valence-corrected chi connectivity index (χ4v) is 3.22. The van der Waals surface area contributed by atoms with Crippen molar-refractivity contribution in [1.29, 1.82) is 0 Å². The van der Waals surface area contributed by atoms with Crippen LogP contribution < -0.4 is 5.32 Å². The highest BCUT2D eigenvalue weighted by Gasteiger charge is 2.34. The zero-order chi connectivity index (χ0) is 15.5. The van der Waals surface area contributed by atoms with E-state index in [-0.39, 0.29) is 38.0 Å². The molecule has 1 atom stereocenters. The fourth-order valence-electron chi connectivity index (χ4n) is 2.08. The van der Waals surface area contributed by atoms with Crippen molar-refractivity contribution in [3.63, 3.8) is 0 Å². The Balaban J connectivity index is 3.02. The normalized spacial score (nSPS) is 21.6. The average molecular weight is 306 g/mol. The van der Waals surface area contributed by atoms with Crippen LogP contribution >= 0.6 is 0 Å². The van der Waals surface area contributed by atoms with Gasteiger partial charge in [0.25, 0.3) is 10.2 Å². The molecule has 0 aliphatic carbocycles. The van der Waals surface area contributed by atoms with Gasteiger partial charge in [-0.25, -0.2) is 0 Å². The summed E-state index contributed by atoms with van der Waals surface area (Å²) < 4.78 is 26.7. The Bertz CT molecular complexity index is 477. The minimum absolute atomic E-state index is 0.0734. The second-order valence-corrected chi connectivity index (χ2v) is 7.07. The van der Waals surface area contributed by atoms with Crippen LogP contribution in [0.4, 0.5) is 0 Å². The molecular weight excluding hydrogens is 284 g/mol. The molecule has 1 rings (SSSR count). The summed E-state index contributed by atoms with van der Waals surface area (Å²) in [4.78, 5) is 24.9. The molecule has 1 aliphatic heterocycles. The Morgan fingerprint density at radius 1 is 1.20 bits per heavy atom. The van der Waals surface area contributed by atoms with Gasteiger partial charge in [0.2, 0.25) is 11.8 Å². The van der Waals surface area contributed by atoms with Gasteiger partial charge < -0.3 is 10.2 Å². The van der Waals surface area contributed by atoms with Crippen molar-refractivity contribution >= 4 is 22.0 Å². The highest BCUT2D eigenvalue weighted by Crippen LogP contribution is 2.15. The molecule has 8 nitrogen and oxygen atoms in total. The number of hydrogen-bond donors (Lipinski definition) is 1. The van der Waals surface area contributed by atoms with Gasteiger partial charge in [0.1, 0.15) is 0 Å². The molecule has 1 fully saturated rings. The first-order valence-corrected chi connectivity index (χ1v) is 7.74. The number of carbonyl (C=O) groups is 2. The van der Waals surface area contributed by atoms with Gasteiger partial charge in [-0.15, -0.1) is 0 Å². The second kappa shape index (κ2) is 6.51. The number of amides is 2. The molecule has 2 amide bonds. The first-order valence-electron chi connectivity index (χ1n) is 6.34. The Hall–Kier alpha value is -1.19. The molecule has 0 aromatic heterocycles. The number of nitrogens with zero attached hydrogens (tertiary/aromatic N) is 3. The number of carbonyl (C=O) groups excluding carboxylic acids is 2. The molecule has 0 saturated carbocycles. The molecule has 0 spiro atoms. The highest BCUT2D eigenvalue weighted by atomic mass is 32.2. The lowest BCUT2D eigenvalue weighted by atomic mass is 10.1. The summed E-state index contributed by atoms with van der Waals surface area (Å²) in [5.74, 6) is -0.999. The summed E-state index contributed by atoms with van der Waals surface area (Å²) in [6.45, 7) is 2.19. The largest absolute Gasteiger partial charge is 0.359 e. The third-order valence-electron chi connectivity index (χ3n) is 3.33. The minimum atomic E-state index is -3.60. The van der Waals surface area contributed by atoms with Crippen LogP contribution in [0, 0.1) is 5.92 Å². The van der Waals surface area contributed by atoms with Crippen LogP contribution in [0.1, 0.15) is 6.92 Å². The van der Waals surface area contributed by atoms with E-state index in [9.17, 15) is 18.0 Å². The molecule has 1 N–H and O–H groups in total. The quantitative estimate of drug-likeness (QED) is 0.674. The molecule has 0 radical (unpaired) electrons. The van der Waals surface area contributed by atoms with Crippen LogP contribution in [0.3, 0.4) is 0 Å². The number of nitrogens with one attached hydrogen (secondary N) is 1. The Morgan fingerprint density at radius 3 is 2.25 bits per heavy atom. The topological polar surface area (TPSA) is 90.0 Å². The van der Waals surface area contributed by atoms with Crippen molar-refractivity contribution in [3.05, 3.63) is 0 Å². The monoisotopic (exact) mass is 306 g/mol. The first kappa shape index (κ1) is 16.9. The molecule has 1 aliphatic rings. The van der Waals surface area contributed by atoms with Crippen molar-refractivity contribution in [2.45, 2.75) is 6.92 Å².